The van der Waals surface area contributed by atoms with Gasteiger partial charge in [0.1, 0.15) is 0 Å². The summed E-state index contributed by atoms with van der Waals surface area (Å²) in [6.45, 7) is 1.75. The van der Waals surface area contributed by atoms with Gasteiger partial charge in [0.05, 0.1) is 13.1 Å². The summed E-state index contributed by atoms with van der Waals surface area (Å²) in [7, 11) is 0. The SMILES string of the molecule is C#CCn1c(C)cc(=O)n(CC#C)c1=O. The lowest BCUT2D eigenvalue weighted by atomic mass is 10.4. The molecule has 4 nitrogen and oxygen atoms in total. The van der Waals surface area contributed by atoms with Crippen LogP contribution in [0.5, 0.6) is 0 Å². The third-order valence-corrected chi connectivity index (χ3v) is 1.98. The van der Waals surface area contributed by atoms with Crippen molar-refractivity contribution < 1.29 is 0 Å². The molecular formula is C11H10N2O2. The number of hydrogen-bond acceptors (Lipinski definition) is 2. The molecule has 0 atom stereocenters. The lowest BCUT2D eigenvalue weighted by molar-refractivity contribution is 0.621. The fraction of sp³-hybridized carbons (Fsp3) is 0.273. The molecule has 15 heavy (non-hydrogen) atoms. The highest BCUT2D eigenvalue weighted by molar-refractivity contribution is 5.04. The maximum absolute atomic E-state index is 11.7. The molecule has 1 aromatic heterocycles. The van der Waals surface area contributed by atoms with Crippen molar-refractivity contribution in [2.45, 2.75) is 20.0 Å². The van der Waals surface area contributed by atoms with Crippen LogP contribution >= 0.6 is 0 Å². The van der Waals surface area contributed by atoms with E-state index in [9.17, 15) is 9.59 Å². The Balaban J connectivity index is 3.52. The van der Waals surface area contributed by atoms with Crippen LogP contribution in [0, 0.1) is 31.6 Å². The summed E-state index contributed by atoms with van der Waals surface area (Å²) in [5.41, 5.74) is -0.323. The summed E-state index contributed by atoms with van der Waals surface area (Å²) < 4.78 is 2.31. The van der Waals surface area contributed by atoms with Crippen LogP contribution in [0.15, 0.2) is 15.7 Å². The molecule has 1 heterocycles. The van der Waals surface area contributed by atoms with E-state index in [2.05, 4.69) is 11.8 Å². The molecule has 0 aliphatic carbocycles. The molecule has 0 saturated carbocycles. The number of terminal acetylenes is 2. The zero-order valence-electron chi connectivity index (χ0n) is 8.36. The van der Waals surface area contributed by atoms with Crippen LogP contribution in [0.2, 0.25) is 0 Å². The van der Waals surface area contributed by atoms with E-state index < -0.39 is 11.2 Å². The van der Waals surface area contributed by atoms with Crippen LogP contribution in [0.1, 0.15) is 5.69 Å². The molecule has 0 aliphatic heterocycles. The topological polar surface area (TPSA) is 44.0 Å². The van der Waals surface area contributed by atoms with Gasteiger partial charge in [0.25, 0.3) is 5.56 Å². The smallest absolute Gasteiger partial charge is 0.286 e. The predicted octanol–water partition coefficient (Wildman–Crippen LogP) is -0.415. The zero-order chi connectivity index (χ0) is 11.4. The monoisotopic (exact) mass is 202 g/mol. The van der Waals surface area contributed by atoms with Crippen molar-refractivity contribution in [2.24, 2.45) is 0 Å². The van der Waals surface area contributed by atoms with Crippen molar-refractivity contribution in [3.05, 3.63) is 32.6 Å². The Morgan fingerprint density at radius 2 is 1.73 bits per heavy atom. The second kappa shape index (κ2) is 4.34. The Bertz CT molecular complexity index is 564. The Labute approximate surface area is 87.2 Å². The summed E-state index contributed by atoms with van der Waals surface area (Å²) >= 11 is 0. The first kappa shape index (κ1) is 10.9. The molecule has 76 valence electrons. The average Bonchev–Trinajstić information content (AvgIpc) is 2.19. The van der Waals surface area contributed by atoms with Crippen molar-refractivity contribution in [1.29, 1.82) is 0 Å². The maximum Gasteiger partial charge on any atom is 0.332 e. The minimum absolute atomic E-state index is 0.0392. The van der Waals surface area contributed by atoms with Crippen molar-refractivity contribution in [3.63, 3.8) is 0 Å². The molecule has 4 heteroatoms. The predicted molar refractivity (Wildman–Crippen MR) is 57.4 cm³/mol. The van der Waals surface area contributed by atoms with E-state index in [1.807, 2.05) is 0 Å². The van der Waals surface area contributed by atoms with Crippen molar-refractivity contribution in [1.82, 2.24) is 9.13 Å². The summed E-state index contributed by atoms with van der Waals surface area (Å²) in [6.07, 6.45) is 10.2. The van der Waals surface area contributed by atoms with E-state index in [0.29, 0.717) is 5.69 Å². The summed E-state index contributed by atoms with van der Waals surface area (Å²) in [5.74, 6) is 4.60. The van der Waals surface area contributed by atoms with Gasteiger partial charge in [-0.15, -0.1) is 12.8 Å². The first-order valence-corrected chi connectivity index (χ1v) is 4.30. The van der Waals surface area contributed by atoms with Gasteiger partial charge in [0.15, 0.2) is 0 Å². The molecule has 1 aromatic rings. The van der Waals surface area contributed by atoms with Crippen LogP contribution in [0.25, 0.3) is 0 Å². The minimum atomic E-state index is -0.462. The van der Waals surface area contributed by atoms with Gasteiger partial charge >= 0.3 is 5.69 Å². The van der Waals surface area contributed by atoms with Gasteiger partial charge in [0.2, 0.25) is 0 Å². The maximum atomic E-state index is 11.7. The van der Waals surface area contributed by atoms with Crippen molar-refractivity contribution in [2.75, 3.05) is 0 Å². The second-order valence-electron chi connectivity index (χ2n) is 2.99. The largest absolute Gasteiger partial charge is 0.332 e. The van der Waals surface area contributed by atoms with Gasteiger partial charge in [-0.2, -0.15) is 0 Å². The number of aromatic nitrogens is 2. The zero-order valence-corrected chi connectivity index (χ0v) is 8.36. The van der Waals surface area contributed by atoms with Gasteiger partial charge in [-0.05, 0) is 6.92 Å². The van der Waals surface area contributed by atoms with E-state index in [1.54, 1.807) is 6.92 Å². The number of rotatable bonds is 2. The Morgan fingerprint density at radius 3 is 2.27 bits per heavy atom. The molecule has 0 aromatic carbocycles. The molecule has 0 fully saturated rings. The van der Waals surface area contributed by atoms with Gasteiger partial charge < -0.3 is 0 Å². The Hall–Kier alpha value is -2.20. The molecule has 0 N–H and O–H groups in total. The fourth-order valence-electron chi connectivity index (χ4n) is 1.25. The van der Waals surface area contributed by atoms with Crippen LogP contribution in [-0.4, -0.2) is 9.13 Å². The van der Waals surface area contributed by atoms with Crippen LogP contribution in [0.4, 0.5) is 0 Å². The third-order valence-electron chi connectivity index (χ3n) is 1.98. The standard InChI is InChI=1S/C11H10N2O2/c1-4-6-12-9(3)8-10(14)13(7-5-2)11(12)15/h1-2,8H,6-7H2,3H3. The van der Waals surface area contributed by atoms with E-state index in [4.69, 9.17) is 12.8 Å². The number of hydrogen-bond donors (Lipinski definition) is 0. The van der Waals surface area contributed by atoms with Crippen LogP contribution < -0.4 is 11.2 Å². The summed E-state index contributed by atoms with van der Waals surface area (Å²) in [6, 6.07) is 1.34. The molecule has 0 aliphatic rings. The molecule has 0 amide bonds. The average molecular weight is 202 g/mol. The van der Waals surface area contributed by atoms with Crippen LogP contribution in [0.3, 0.4) is 0 Å². The fourth-order valence-corrected chi connectivity index (χ4v) is 1.25. The highest BCUT2D eigenvalue weighted by atomic mass is 16.2. The Morgan fingerprint density at radius 1 is 1.20 bits per heavy atom. The molecule has 0 bridgehead atoms. The molecule has 0 radical (unpaired) electrons. The van der Waals surface area contributed by atoms with Gasteiger partial charge in [-0.25, -0.2) is 9.36 Å². The van der Waals surface area contributed by atoms with Crippen molar-refractivity contribution >= 4 is 0 Å². The molecular weight excluding hydrogens is 192 g/mol. The van der Waals surface area contributed by atoms with Crippen molar-refractivity contribution in [3.8, 4) is 24.7 Å². The lowest BCUT2D eigenvalue weighted by Crippen LogP contribution is -2.40. The quantitative estimate of drug-likeness (QED) is 0.612. The molecule has 1 rings (SSSR count). The van der Waals surface area contributed by atoms with E-state index in [-0.39, 0.29) is 13.1 Å². The highest BCUT2D eigenvalue weighted by Crippen LogP contribution is 1.89. The lowest BCUT2D eigenvalue weighted by Gasteiger charge is -2.08. The normalized spacial score (nSPS) is 9.27. The number of nitrogens with zero attached hydrogens (tertiary/aromatic N) is 2. The first-order valence-electron chi connectivity index (χ1n) is 4.30. The second-order valence-corrected chi connectivity index (χ2v) is 2.99. The minimum Gasteiger partial charge on any atom is -0.286 e. The van der Waals surface area contributed by atoms with E-state index in [0.717, 1.165) is 4.57 Å². The van der Waals surface area contributed by atoms with Gasteiger partial charge in [-0.1, -0.05) is 11.8 Å². The molecule has 0 unspecified atom stereocenters. The molecule has 0 spiro atoms. The molecule has 0 saturated heterocycles. The van der Waals surface area contributed by atoms with E-state index >= 15 is 0 Å². The van der Waals surface area contributed by atoms with Gasteiger partial charge in [0, 0.05) is 11.8 Å². The van der Waals surface area contributed by atoms with E-state index in [1.165, 1.54) is 10.6 Å². The van der Waals surface area contributed by atoms with Gasteiger partial charge in [-0.3, -0.25) is 9.36 Å². The Kier molecular flexibility index (Phi) is 3.15. The first-order chi connectivity index (χ1) is 7.11. The summed E-state index contributed by atoms with van der Waals surface area (Å²) in [4.78, 5) is 23.1. The third kappa shape index (κ3) is 2.00. The van der Waals surface area contributed by atoms with Crippen LogP contribution in [-0.2, 0) is 13.1 Å². The number of aryl methyl sites for hydroxylation is 1. The highest BCUT2D eigenvalue weighted by Gasteiger charge is 2.06. The summed E-state index contributed by atoms with van der Waals surface area (Å²) in [5, 5.41) is 0.